The molecule has 11 heavy (non-hydrogen) atoms. The molecule has 0 atom stereocenters. The van der Waals surface area contributed by atoms with Crippen molar-refractivity contribution < 1.29 is 13.6 Å². The Bertz CT molecular complexity index is 107. The molecule has 1 aliphatic carbocycles. The van der Waals surface area contributed by atoms with Gasteiger partial charge in [-0.15, -0.1) is 0 Å². The first-order chi connectivity index (χ1) is 5.22. The molecule has 0 aromatic carbocycles. The summed E-state index contributed by atoms with van der Waals surface area (Å²) in [4.78, 5) is 8.94. The molecular weight excluding hydrogens is 154 g/mol. The van der Waals surface area contributed by atoms with Crippen LogP contribution in [0.15, 0.2) is 0 Å². The number of hydrogen-bond acceptors (Lipinski definition) is 2. The molecule has 0 aromatic rings. The van der Waals surface area contributed by atoms with Gasteiger partial charge < -0.3 is 0 Å². The SMILES string of the molecule is FC(F)C1CCC1.NNC=O. The van der Waals surface area contributed by atoms with Crippen molar-refractivity contribution in [3.63, 3.8) is 0 Å². The molecule has 0 spiro atoms. The highest BCUT2D eigenvalue weighted by Crippen LogP contribution is 2.31. The molecule has 1 aliphatic rings. The van der Waals surface area contributed by atoms with Crippen LogP contribution in [-0.4, -0.2) is 12.8 Å². The summed E-state index contributed by atoms with van der Waals surface area (Å²) in [6, 6.07) is 0. The first kappa shape index (κ1) is 10.3. The summed E-state index contributed by atoms with van der Waals surface area (Å²) in [5.41, 5.74) is 1.75. The fourth-order valence-corrected chi connectivity index (χ4v) is 0.692. The molecule has 0 bridgehead atoms. The third kappa shape index (κ3) is 4.66. The average Bonchev–Trinajstić information content (AvgIpc) is 1.83. The zero-order valence-electron chi connectivity index (χ0n) is 6.09. The minimum Gasteiger partial charge on any atom is -0.297 e. The maximum atomic E-state index is 11.5. The number of alkyl halides is 2. The number of carbonyl (C=O) groups is 1. The zero-order valence-corrected chi connectivity index (χ0v) is 6.09. The van der Waals surface area contributed by atoms with Crippen LogP contribution < -0.4 is 11.3 Å². The molecule has 66 valence electrons. The van der Waals surface area contributed by atoms with E-state index in [1.807, 2.05) is 0 Å². The number of nitrogens with one attached hydrogen (secondary N) is 1. The summed E-state index contributed by atoms with van der Waals surface area (Å²) in [6.45, 7) is 0. The van der Waals surface area contributed by atoms with Crippen molar-refractivity contribution in [3.8, 4) is 0 Å². The van der Waals surface area contributed by atoms with Gasteiger partial charge in [0.05, 0.1) is 0 Å². The van der Waals surface area contributed by atoms with Crippen LogP contribution >= 0.6 is 0 Å². The van der Waals surface area contributed by atoms with Gasteiger partial charge in [0.25, 0.3) is 0 Å². The predicted octanol–water partition coefficient (Wildman–Crippen LogP) is 0.658. The van der Waals surface area contributed by atoms with Gasteiger partial charge >= 0.3 is 0 Å². The Morgan fingerprint density at radius 1 is 1.55 bits per heavy atom. The van der Waals surface area contributed by atoms with E-state index in [-0.39, 0.29) is 5.92 Å². The van der Waals surface area contributed by atoms with Gasteiger partial charge in [-0.25, -0.2) is 14.6 Å². The van der Waals surface area contributed by atoms with Gasteiger partial charge in [-0.2, -0.15) is 0 Å². The van der Waals surface area contributed by atoms with Crippen LogP contribution in [-0.2, 0) is 4.79 Å². The van der Waals surface area contributed by atoms with Crippen molar-refractivity contribution >= 4 is 6.41 Å². The van der Waals surface area contributed by atoms with Gasteiger partial charge in [-0.3, -0.25) is 10.2 Å². The molecular formula is C6H12F2N2O. The number of rotatable bonds is 2. The van der Waals surface area contributed by atoms with Crippen molar-refractivity contribution in [1.29, 1.82) is 0 Å². The summed E-state index contributed by atoms with van der Waals surface area (Å²) >= 11 is 0. The lowest BCUT2D eigenvalue weighted by molar-refractivity contribution is -0.109. The van der Waals surface area contributed by atoms with E-state index in [1.165, 1.54) is 0 Å². The standard InChI is InChI=1S/C5H8F2.CH4N2O/c6-5(7)4-2-1-3-4;2-3-1-4/h4-5H,1-3H2;1H,2H2,(H,3,4). The number of amides is 1. The Morgan fingerprint density at radius 2 is 2.00 bits per heavy atom. The average molecular weight is 166 g/mol. The molecule has 0 aromatic heterocycles. The maximum Gasteiger partial charge on any atom is 0.241 e. The Balaban J connectivity index is 0.000000218. The Hall–Kier alpha value is -0.710. The van der Waals surface area contributed by atoms with E-state index in [0.29, 0.717) is 6.41 Å². The fourth-order valence-electron chi connectivity index (χ4n) is 0.692. The van der Waals surface area contributed by atoms with Crippen molar-refractivity contribution in [1.82, 2.24) is 5.43 Å². The van der Waals surface area contributed by atoms with Crippen LogP contribution in [0.1, 0.15) is 19.3 Å². The van der Waals surface area contributed by atoms with E-state index < -0.39 is 6.43 Å². The van der Waals surface area contributed by atoms with Crippen LogP contribution in [0.2, 0.25) is 0 Å². The van der Waals surface area contributed by atoms with Gasteiger partial charge in [0.1, 0.15) is 0 Å². The molecule has 3 nitrogen and oxygen atoms in total. The Morgan fingerprint density at radius 3 is 2.00 bits per heavy atom. The van der Waals surface area contributed by atoms with Crippen molar-refractivity contribution in [2.75, 3.05) is 0 Å². The topological polar surface area (TPSA) is 55.1 Å². The monoisotopic (exact) mass is 166 g/mol. The molecule has 0 radical (unpaired) electrons. The molecule has 0 heterocycles. The highest BCUT2D eigenvalue weighted by atomic mass is 19.3. The number of hydrazine groups is 1. The molecule has 5 heteroatoms. The quantitative estimate of drug-likeness (QED) is 0.274. The van der Waals surface area contributed by atoms with Gasteiger partial charge in [0.2, 0.25) is 12.8 Å². The minimum absolute atomic E-state index is 0.250. The highest BCUT2D eigenvalue weighted by Gasteiger charge is 2.26. The highest BCUT2D eigenvalue weighted by molar-refractivity contribution is 5.44. The molecule has 0 unspecified atom stereocenters. The third-order valence-corrected chi connectivity index (χ3v) is 1.57. The summed E-state index contributed by atoms with van der Waals surface area (Å²) in [6.07, 6.45) is 0.860. The second-order valence-corrected chi connectivity index (χ2v) is 2.31. The number of hydrogen-bond donors (Lipinski definition) is 2. The Labute approximate surface area is 63.9 Å². The molecule has 1 amide bonds. The van der Waals surface area contributed by atoms with Gasteiger partial charge in [0.15, 0.2) is 0 Å². The molecule has 3 N–H and O–H groups in total. The fraction of sp³-hybridized carbons (Fsp3) is 0.833. The third-order valence-electron chi connectivity index (χ3n) is 1.57. The number of halogens is 2. The lowest BCUT2D eigenvalue weighted by Gasteiger charge is -2.23. The van der Waals surface area contributed by atoms with Gasteiger partial charge in [-0.05, 0) is 12.8 Å². The van der Waals surface area contributed by atoms with E-state index in [1.54, 1.807) is 5.43 Å². The molecule has 0 aliphatic heterocycles. The summed E-state index contributed by atoms with van der Waals surface area (Å²) in [5.74, 6) is 4.16. The van der Waals surface area contributed by atoms with Crippen LogP contribution in [0.3, 0.4) is 0 Å². The van der Waals surface area contributed by atoms with Crippen molar-refractivity contribution in [3.05, 3.63) is 0 Å². The van der Waals surface area contributed by atoms with Gasteiger partial charge in [-0.1, -0.05) is 6.42 Å². The smallest absolute Gasteiger partial charge is 0.241 e. The first-order valence-electron chi connectivity index (χ1n) is 3.40. The number of carbonyl (C=O) groups excluding carboxylic acids is 1. The lowest BCUT2D eigenvalue weighted by Crippen LogP contribution is -2.18. The predicted molar refractivity (Wildman–Crippen MR) is 36.7 cm³/mol. The summed E-state index contributed by atoms with van der Waals surface area (Å²) in [5, 5.41) is 0. The summed E-state index contributed by atoms with van der Waals surface area (Å²) < 4.78 is 23.0. The van der Waals surface area contributed by atoms with Gasteiger partial charge in [0, 0.05) is 5.92 Å². The summed E-state index contributed by atoms with van der Waals surface area (Å²) in [7, 11) is 0. The molecule has 1 saturated carbocycles. The van der Waals surface area contributed by atoms with Crippen LogP contribution in [0, 0.1) is 5.92 Å². The van der Waals surface area contributed by atoms with E-state index in [4.69, 9.17) is 4.79 Å². The molecule has 0 saturated heterocycles. The van der Waals surface area contributed by atoms with E-state index in [0.717, 1.165) is 19.3 Å². The maximum absolute atomic E-state index is 11.5. The normalized spacial score (nSPS) is 16.4. The van der Waals surface area contributed by atoms with E-state index in [2.05, 4.69) is 5.84 Å². The van der Waals surface area contributed by atoms with Crippen LogP contribution in [0.25, 0.3) is 0 Å². The zero-order chi connectivity index (χ0) is 8.69. The second kappa shape index (κ2) is 6.03. The lowest BCUT2D eigenvalue weighted by atomic mass is 9.86. The Kier molecular flexibility index (Phi) is 5.64. The minimum atomic E-state index is -2.05. The second-order valence-electron chi connectivity index (χ2n) is 2.31. The molecule has 1 rings (SSSR count). The van der Waals surface area contributed by atoms with Crippen molar-refractivity contribution in [2.24, 2.45) is 11.8 Å². The van der Waals surface area contributed by atoms with Crippen LogP contribution in [0.4, 0.5) is 8.78 Å². The van der Waals surface area contributed by atoms with E-state index >= 15 is 0 Å². The largest absolute Gasteiger partial charge is 0.297 e. The van der Waals surface area contributed by atoms with E-state index in [9.17, 15) is 8.78 Å². The molecule has 1 fully saturated rings. The number of nitrogens with two attached hydrogens (primary N) is 1. The first-order valence-corrected chi connectivity index (χ1v) is 3.40. The van der Waals surface area contributed by atoms with Crippen molar-refractivity contribution in [2.45, 2.75) is 25.7 Å². The van der Waals surface area contributed by atoms with Crippen LogP contribution in [0.5, 0.6) is 0 Å².